The van der Waals surface area contributed by atoms with Crippen LogP contribution in [0.25, 0.3) is 0 Å². The predicted octanol–water partition coefficient (Wildman–Crippen LogP) is 4.18. The van der Waals surface area contributed by atoms with Crippen LogP contribution < -0.4 is 10.1 Å². The fourth-order valence-electron chi connectivity index (χ4n) is 2.20. The molecule has 1 aliphatic heterocycles. The third-order valence-electron chi connectivity index (χ3n) is 3.49. The van der Waals surface area contributed by atoms with Crippen LogP contribution in [-0.2, 0) is 9.59 Å². The van der Waals surface area contributed by atoms with Crippen LogP contribution in [0.5, 0.6) is 11.5 Å². The third-order valence-corrected chi connectivity index (χ3v) is 5.10. The van der Waals surface area contributed by atoms with E-state index in [0.717, 1.165) is 17.3 Å². The van der Waals surface area contributed by atoms with Gasteiger partial charge < -0.3 is 15.2 Å². The van der Waals surface area contributed by atoms with Crippen molar-refractivity contribution >= 4 is 58.2 Å². The highest BCUT2D eigenvalue weighted by Crippen LogP contribution is 2.31. The summed E-state index contributed by atoms with van der Waals surface area (Å²) in [6, 6.07) is 12.0. The van der Waals surface area contributed by atoms with E-state index in [9.17, 15) is 9.59 Å². The summed E-state index contributed by atoms with van der Waals surface area (Å²) in [5.41, 5.74) is 0.760. The zero-order chi connectivity index (χ0) is 20.1. The minimum Gasteiger partial charge on any atom is -0.481 e. The first-order valence-electron chi connectivity index (χ1n) is 7.94. The van der Waals surface area contributed by atoms with Crippen LogP contribution in [0.15, 0.2) is 52.7 Å². The molecule has 144 valence electrons. The molecule has 1 atom stereocenters. The predicted molar refractivity (Wildman–Crippen MR) is 110 cm³/mol. The molecule has 7 nitrogen and oxygen atoms in total. The quantitative estimate of drug-likeness (QED) is 0.521. The molecule has 1 aliphatic rings. The van der Waals surface area contributed by atoms with Gasteiger partial charge in [0.15, 0.2) is 5.17 Å². The average Bonchev–Trinajstić information content (AvgIpc) is 2.97. The summed E-state index contributed by atoms with van der Waals surface area (Å²) in [5, 5.41) is 19.6. The molecule has 0 spiro atoms. The number of benzene rings is 2. The van der Waals surface area contributed by atoms with Crippen molar-refractivity contribution in [3.05, 3.63) is 58.1 Å². The Morgan fingerprint density at radius 1 is 1.25 bits per heavy atom. The Hall–Kier alpha value is -2.55. The fraction of sp³-hybridized carbons (Fsp3) is 0.111. The van der Waals surface area contributed by atoms with E-state index in [2.05, 4.69) is 15.5 Å². The van der Waals surface area contributed by atoms with Gasteiger partial charge in [-0.05, 0) is 48.0 Å². The van der Waals surface area contributed by atoms with Crippen molar-refractivity contribution in [3.8, 4) is 11.5 Å². The minimum absolute atomic E-state index is 0.266. The van der Waals surface area contributed by atoms with Gasteiger partial charge in [-0.1, -0.05) is 35.0 Å². The molecule has 0 aromatic heterocycles. The standard InChI is InChI=1S/C18H13Cl2N3O4S/c19-11-3-6-14(13(20)7-11)27-12-4-1-10(2-5-12)9-21-23-18-22-17(26)15(28-18)8-16(24)25/h1-7,9,15H,8H2,(H,24,25)(H,22,23,26). The van der Waals surface area contributed by atoms with E-state index >= 15 is 0 Å². The lowest BCUT2D eigenvalue weighted by atomic mass is 10.2. The molecule has 28 heavy (non-hydrogen) atoms. The van der Waals surface area contributed by atoms with Crippen molar-refractivity contribution in [3.63, 3.8) is 0 Å². The van der Waals surface area contributed by atoms with Crippen molar-refractivity contribution in [1.82, 2.24) is 5.32 Å². The first kappa shape index (κ1) is 20.2. The van der Waals surface area contributed by atoms with Gasteiger partial charge in [0, 0.05) is 5.02 Å². The van der Waals surface area contributed by atoms with Gasteiger partial charge in [0.2, 0.25) is 5.91 Å². The van der Waals surface area contributed by atoms with Crippen LogP contribution in [-0.4, -0.2) is 33.6 Å². The smallest absolute Gasteiger partial charge is 0.305 e. The van der Waals surface area contributed by atoms with E-state index in [-0.39, 0.29) is 17.5 Å². The Morgan fingerprint density at radius 3 is 2.68 bits per heavy atom. The van der Waals surface area contributed by atoms with Crippen molar-refractivity contribution in [1.29, 1.82) is 0 Å². The van der Waals surface area contributed by atoms with Gasteiger partial charge in [0.1, 0.15) is 16.7 Å². The molecule has 0 aliphatic carbocycles. The molecule has 1 saturated heterocycles. The SMILES string of the molecule is O=C(O)CC1SC(=NN=Cc2ccc(Oc3ccc(Cl)cc3Cl)cc2)NC1=O. The van der Waals surface area contributed by atoms with Gasteiger partial charge >= 0.3 is 5.97 Å². The Bertz CT molecular complexity index is 964. The molecular formula is C18H13Cl2N3O4S. The van der Waals surface area contributed by atoms with E-state index in [4.69, 9.17) is 33.0 Å². The second-order valence-corrected chi connectivity index (χ2v) is 7.62. The average molecular weight is 438 g/mol. The maximum absolute atomic E-state index is 11.6. The number of carboxylic acid groups (broad SMARTS) is 1. The Kier molecular flexibility index (Phi) is 6.56. The number of thioether (sulfide) groups is 1. The first-order chi connectivity index (χ1) is 13.4. The molecule has 3 rings (SSSR count). The number of amidine groups is 1. The Balaban J connectivity index is 1.60. The normalized spacial score (nSPS) is 17.9. The number of rotatable bonds is 6. The monoisotopic (exact) mass is 437 g/mol. The van der Waals surface area contributed by atoms with Gasteiger partial charge in [-0.2, -0.15) is 5.10 Å². The second-order valence-electron chi connectivity index (χ2n) is 5.59. The highest BCUT2D eigenvalue weighted by molar-refractivity contribution is 8.15. The van der Waals surface area contributed by atoms with Gasteiger partial charge in [-0.25, -0.2) is 0 Å². The first-order valence-corrected chi connectivity index (χ1v) is 9.57. The number of carboxylic acids is 1. The van der Waals surface area contributed by atoms with E-state index in [1.54, 1.807) is 42.5 Å². The molecule has 1 unspecified atom stereocenters. The lowest BCUT2D eigenvalue weighted by molar-refractivity contribution is -0.138. The molecule has 2 N–H and O–H groups in total. The Labute approximate surface area is 174 Å². The van der Waals surface area contributed by atoms with Crippen LogP contribution in [0.2, 0.25) is 10.0 Å². The molecule has 1 amide bonds. The third kappa shape index (κ3) is 5.48. The van der Waals surface area contributed by atoms with E-state index in [0.29, 0.717) is 21.5 Å². The van der Waals surface area contributed by atoms with Crippen molar-refractivity contribution < 1.29 is 19.4 Å². The number of amides is 1. The number of carbonyl (C=O) groups is 2. The molecule has 1 heterocycles. The molecular weight excluding hydrogens is 425 g/mol. The zero-order valence-corrected chi connectivity index (χ0v) is 16.5. The number of ether oxygens (including phenoxy) is 1. The summed E-state index contributed by atoms with van der Waals surface area (Å²) in [6.07, 6.45) is 1.24. The van der Waals surface area contributed by atoms with Gasteiger partial charge in [0.25, 0.3) is 0 Å². The fourth-order valence-corrected chi connectivity index (χ4v) is 3.56. The van der Waals surface area contributed by atoms with E-state index < -0.39 is 11.2 Å². The molecule has 0 radical (unpaired) electrons. The topological polar surface area (TPSA) is 100 Å². The summed E-state index contributed by atoms with van der Waals surface area (Å²) in [6.45, 7) is 0. The van der Waals surface area contributed by atoms with Crippen LogP contribution in [0.3, 0.4) is 0 Å². The number of hydrogen-bond acceptors (Lipinski definition) is 6. The molecule has 0 bridgehead atoms. The van der Waals surface area contributed by atoms with Crippen molar-refractivity contribution in [2.45, 2.75) is 11.7 Å². The summed E-state index contributed by atoms with van der Waals surface area (Å²) >= 11 is 13.0. The number of halogens is 2. The van der Waals surface area contributed by atoms with Crippen LogP contribution in [0, 0.1) is 0 Å². The molecule has 10 heteroatoms. The van der Waals surface area contributed by atoms with Gasteiger partial charge in [-0.15, -0.1) is 5.10 Å². The molecule has 2 aromatic rings. The number of nitrogens with one attached hydrogen (secondary N) is 1. The van der Waals surface area contributed by atoms with E-state index in [1.165, 1.54) is 6.21 Å². The Morgan fingerprint density at radius 2 is 2.00 bits per heavy atom. The number of hydrogen-bond donors (Lipinski definition) is 2. The lowest BCUT2D eigenvalue weighted by Gasteiger charge is -2.07. The van der Waals surface area contributed by atoms with Crippen LogP contribution in [0.1, 0.15) is 12.0 Å². The second kappa shape index (κ2) is 9.09. The summed E-state index contributed by atoms with van der Waals surface area (Å²) < 4.78 is 5.70. The van der Waals surface area contributed by atoms with Crippen LogP contribution in [0.4, 0.5) is 0 Å². The van der Waals surface area contributed by atoms with Crippen molar-refractivity contribution in [2.24, 2.45) is 10.2 Å². The summed E-state index contributed by atoms with van der Waals surface area (Å²) in [5.74, 6) is -0.352. The lowest BCUT2D eigenvalue weighted by Crippen LogP contribution is -2.26. The minimum atomic E-state index is -1.04. The number of carbonyl (C=O) groups excluding carboxylic acids is 1. The molecule has 2 aromatic carbocycles. The van der Waals surface area contributed by atoms with Crippen molar-refractivity contribution in [2.75, 3.05) is 0 Å². The van der Waals surface area contributed by atoms with E-state index in [1.807, 2.05) is 0 Å². The van der Waals surface area contributed by atoms with Gasteiger partial charge in [0.05, 0.1) is 17.7 Å². The summed E-state index contributed by atoms with van der Waals surface area (Å²) in [7, 11) is 0. The summed E-state index contributed by atoms with van der Waals surface area (Å²) in [4.78, 5) is 22.3. The molecule has 0 saturated carbocycles. The zero-order valence-electron chi connectivity index (χ0n) is 14.1. The highest BCUT2D eigenvalue weighted by Gasteiger charge is 2.32. The largest absolute Gasteiger partial charge is 0.481 e. The highest BCUT2D eigenvalue weighted by atomic mass is 35.5. The van der Waals surface area contributed by atoms with Gasteiger partial charge in [-0.3, -0.25) is 9.59 Å². The molecule has 1 fully saturated rings. The maximum Gasteiger partial charge on any atom is 0.305 e. The number of aliphatic carboxylic acids is 1. The number of nitrogens with zero attached hydrogens (tertiary/aromatic N) is 2. The maximum atomic E-state index is 11.6. The van der Waals surface area contributed by atoms with Crippen LogP contribution >= 0.6 is 35.0 Å².